The molecule has 8 nitrogen and oxygen atoms in total. The highest BCUT2D eigenvalue weighted by molar-refractivity contribution is 5.91. The minimum absolute atomic E-state index is 0.0177. The first-order valence-electron chi connectivity index (χ1n) is 9.79. The van der Waals surface area contributed by atoms with Gasteiger partial charge in [-0.1, -0.05) is 13.8 Å². The molecule has 3 rings (SSSR count). The summed E-state index contributed by atoms with van der Waals surface area (Å²) in [7, 11) is 1.26. The Balaban J connectivity index is 2.09. The molecule has 2 fully saturated rings. The molecule has 1 aromatic heterocycles. The van der Waals surface area contributed by atoms with Crippen molar-refractivity contribution in [3.8, 4) is 0 Å². The second-order valence-electron chi connectivity index (χ2n) is 8.88. The maximum atomic E-state index is 13.2. The van der Waals surface area contributed by atoms with E-state index in [0.717, 1.165) is 0 Å². The summed E-state index contributed by atoms with van der Waals surface area (Å²) in [4.78, 5) is 37.8. The maximum Gasteiger partial charge on any atom is 0.309 e. The first-order valence-corrected chi connectivity index (χ1v) is 9.79. The SMILES string of the molecule is COC(=O)C1CC(O)C(=O)C2C(C)(CC(O)c3ccoc3)C(C(=O)O)CCC12C. The monoisotopic (exact) mass is 408 g/mol. The summed E-state index contributed by atoms with van der Waals surface area (Å²) in [6.45, 7) is 3.46. The average Bonchev–Trinajstić information content (AvgIpc) is 3.18. The summed E-state index contributed by atoms with van der Waals surface area (Å²) in [5.41, 5.74) is -1.57. The van der Waals surface area contributed by atoms with Crippen LogP contribution in [-0.2, 0) is 19.1 Å². The van der Waals surface area contributed by atoms with E-state index in [1.165, 1.54) is 19.6 Å². The third kappa shape index (κ3) is 3.38. The Bertz CT molecular complexity index is 787. The van der Waals surface area contributed by atoms with Crippen molar-refractivity contribution < 1.29 is 38.9 Å². The zero-order chi connectivity index (χ0) is 21.6. The normalized spacial score (nSPS) is 38.2. The number of carbonyl (C=O) groups is 3. The van der Waals surface area contributed by atoms with Crippen molar-refractivity contribution in [3.63, 3.8) is 0 Å². The summed E-state index contributed by atoms with van der Waals surface area (Å²) in [5, 5.41) is 31.1. The minimum Gasteiger partial charge on any atom is -0.481 e. The number of ether oxygens (including phenoxy) is 1. The van der Waals surface area contributed by atoms with E-state index in [2.05, 4.69) is 0 Å². The van der Waals surface area contributed by atoms with Crippen LogP contribution in [0.5, 0.6) is 0 Å². The molecule has 29 heavy (non-hydrogen) atoms. The molecule has 160 valence electrons. The van der Waals surface area contributed by atoms with Crippen LogP contribution in [0.4, 0.5) is 0 Å². The molecule has 2 aliphatic carbocycles. The van der Waals surface area contributed by atoms with Gasteiger partial charge in [0.2, 0.25) is 0 Å². The fraction of sp³-hybridized carbons (Fsp3) is 0.667. The molecule has 2 aliphatic rings. The molecule has 1 heterocycles. The summed E-state index contributed by atoms with van der Waals surface area (Å²) in [5.74, 6) is -4.60. The van der Waals surface area contributed by atoms with Gasteiger partial charge in [-0.15, -0.1) is 0 Å². The number of fused-ring (bicyclic) bond motifs is 1. The molecule has 0 aliphatic heterocycles. The van der Waals surface area contributed by atoms with Crippen LogP contribution in [0.1, 0.15) is 51.2 Å². The number of aliphatic hydroxyl groups excluding tert-OH is 2. The van der Waals surface area contributed by atoms with Crippen molar-refractivity contribution in [2.45, 2.75) is 51.7 Å². The molecule has 7 atom stereocenters. The number of carboxylic acid groups (broad SMARTS) is 1. The number of carboxylic acids is 1. The van der Waals surface area contributed by atoms with Crippen molar-refractivity contribution >= 4 is 17.7 Å². The second kappa shape index (κ2) is 7.57. The van der Waals surface area contributed by atoms with Crippen LogP contribution in [0.2, 0.25) is 0 Å². The number of aliphatic carboxylic acids is 1. The number of methoxy groups -OCH3 is 1. The standard InChI is InChI=1S/C21H28O8/c1-20-6-4-12(18(25)26)21(2,9-15(23)11-5-7-29-10-11)17(20)16(24)14(22)8-13(20)19(27)28-3/h5,7,10,12-15,17,22-23H,4,6,8-9H2,1-3H3,(H,25,26). The lowest BCUT2D eigenvalue weighted by molar-refractivity contribution is -0.190. The van der Waals surface area contributed by atoms with Crippen LogP contribution < -0.4 is 0 Å². The van der Waals surface area contributed by atoms with E-state index in [9.17, 15) is 29.7 Å². The molecule has 1 aromatic rings. The van der Waals surface area contributed by atoms with Crippen LogP contribution in [-0.4, -0.2) is 46.3 Å². The van der Waals surface area contributed by atoms with Gasteiger partial charge < -0.3 is 24.5 Å². The Hall–Kier alpha value is -2.19. The third-order valence-electron chi connectivity index (χ3n) is 7.30. The Morgan fingerprint density at radius 3 is 2.59 bits per heavy atom. The number of Topliss-reactive ketones (excluding diaryl/α,β-unsaturated/α-hetero) is 1. The first kappa shape index (κ1) is 21.5. The average molecular weight is 408 g/mol. The lowest BCUT2D eigenvalue weighted by Gasteiger charge is -2.59. The quantitative estimate of drug-likeness (QED) is 0.629. The molecule has 3 N–H and O–H groups in total. The van der Waals surface area contributed by atoms with Crippen molar-refractivity contribution in [1.82, 2.24) is 0 Å². The van der Waals surface area contributed by atoms with Crippen molar-refractivity contribution in [2.75, 3.05) is 7.11 Å². The van der Waals surface area contributed by atoms with Crippen LogP contribution in [0, 0.1) is 28.6 Å². The van der Waals surface area contributed by atoms with Gasteiger partial charge in [-0.25, -0.2) is 0 Å². The number of esters is 1. The number of aliphatic hydroxyl groups is 2. The smallest absolute Gasteiger partial charge is 0.309 e. The van der Waals surface area contributed by atoms with Gasteiger partial charge in [0.15, 0.2) is 5.78 Å². The molecular formula is C21H28O8. The van der Waals surface area contributed by atoms with Crippen LogP contribution in [0.15, 0.2) is 23.0 Å². The summed E-state index contributed by atoms with van der Waals surface area (Å²) in [6.07, 6.45) is 0.885. The van der Waals surface area contributed by atoms with Crippen molar-refractivity contribution in [2.24, 2.45) is 28.6 Å². The van der Waals surface area contributed by atoms with Crippen molar-refractivity contribution in [3.05, 3.63) is 24.2 Å². The topological polar surface area (TPSA) is 134 Å². The first-order chi connectivity index (χ1) is 13.6. The van der Waals surface area contributed by atoms with Crippen LogP contribution >= 0.6 is 0 Å². The zero-order valence-electron chi connectivity index (χ0n) is 16.8. The third-order valence-corrected chi connectivity index (χ3v) is 7.30. The Morgan fingerprint density at radius 2 is 2.03 bits per heavy atom. The van der Waals surface area contributed by atoms with E-state index in [1.54, 1.807) is 19.9 Å². The van der Waals surface area contributed by atoms with E-state index in [0.29, 0.717) is 12.0 Å². The Labute approximate surface area is 168 Å². The predicted molar refractivity (Wildman–Crippen MR) is 99.5 cm³/mol. The lowest BCUT2D eigenvalue weighted by atomic mass is 9.43. The van der Waals surface area contributed by atoms with E-state index in [4.69, 9.17) is 9.15 Å². The fourth-order valence-corrected chi connectivity index (χ4v) is 5.88. The number of hydrogen-bond acceptors (Lipinski definition) is 7. The number of hydrogen-bond donors (Lipinski definition) is 3. The molecule has 8 heteroatoms. The van der Waals surface area contributed by atoms with E-state index >= 15 is 0 Å². The molecule has 0 radical (unpaired) electrons. The lowest BCUT2D eigenvalue weighted by Crippen LogP contribution is -2.63. The molecular weight excluding hydrogens is 380 g/mol. The highest BCUT2D eigenvalue weighted by Crippen LogP contribution is 2.63. The maximum absolute atomic E-state index is 13.2. The molecule has 0 aromatic carbocycles. The Morgan fingerprint density at radius 1 is 1.34 bits per heavy atom. The van der Waals surface area contributed by atoms with Gasteiger partial charge in [-0.05, 0) is 42.6 Å². The van der Waals surface area contributed by atoms with Gasteiger partial charge in [-0.2, -0.15) is 0 Å². The largest absolute Gasteiger partial charge is 0.481 e. The van der Waals surface area contributed by atoms with Gasteiger partial charge in [-0.3, -0.25) is 14.4 Å². The summed E-state index contributed by atoms with van der Waals surface area (Å²) >= 11 is 0. The predicted octanol–water partition coefficient (Wildman–Crippen LogP) is 1.95. The van der Waals surface area contributed by atoms with E-state index in [-0.39, 0.29) is 19.3 Å². The highest BCUT2D eigenvalue weighted by atomic mass is 16.5. The van der Waals surface area contributed by atoms with Crippen LogP contribution in [0.25, 0.3) is 0 Å². The zero-order valence-corrected chi connectivity index (χ0v) is 16.8. The van der Waals surface area contributed by atoms with E-state index in [1.807, 2.05) is 0 Å². The molecule has 0 saturated heterocycles. The van der Waals surface area contributed by atoms with Gasteiger partial charge in [0.1, 0.15) is 6.10 Å². The number of carbonyl (C=O) groups excluding carboxylic acids is 2. The highest BCUT2D eigenvalue weighted by Gasteiger charge is 2.65. The van der Waals surface area contributed by atoms with Gasteiger partial charge in [0, 0.05) is 11.5 Å². The molecule has 7 unspecified atom stereocenters. The van der Waals surface area contributed by atoms with Gasteiger partial charge in [0.05, 0.1) is 37.6 Å². The van der Waals surface area contributed by atoms with Gasteiger partial charge >= 0.3 is 11.9 Å². The van der Waals surface area contributed by atoms with Crippen molar-refractivity contribution in [1.29, 1.82) is 0 Å². The summed E-state index contributed by atoms with van der Waals surface area (Å²) < 4.78 is 9.95. The molecule has 0 bridgehead atoms. The molecule has 0 spiro atoms. The molecule has 2 saturated carbocycles. The van der Waals surface area contributed by atoms with E-state index < -0.39 is 58.5 Å². The molecule has 0 amide bonds. The van der Waals surface area contributed by atoms with Crippen LogP contribution in [0.3, 0.4) is 0 Å². The fourth-order valence-electron chi connectivity index (χ4n) is 5.88. The minimum atomic E-state index is -1.38. The Kier molecular flexibility index (Phi) is 5.62. The van der Waals surface area contributed by atoms with Gasteiger partial charge in [0.25, 0.3) is 0 Å². The number of furan rings is 1. The summed E-state index contributed by atoms with van der Waals surface area (Å²) in [6, 6.07) is 1.58. The second-order valence-corrected chi connectivity index (χ2v) is 8.88. The number of rotatable bonds is 5. The number of ketones is 1.